The fraction of sp³-hybridized carbons (Fsp3) is 0.308. The van der Waals surface area contributed by atoms with Crippen LogP contribution >= 0.6 is 22.6 Å². The number of rotatable bonds is 2. The van der Waals surface area contributed by atoms with Gasteiger partial charge in [-0.2, -0.15) is 0 Å². The first-order chi connectivity index (χ1) is 12.8. The topological polar surface area (TPSA) is 0 Å². The Kier molecular flexibility index (Phi) is 6.10. The van der Waals surface area contributed by atoms with Gasteiger partial charge in [0.1, 0.15) is 0 Å². The zero-order valence-electron chi connectivity index (χ0n) is 17.0. The summed E-state index contributed by atoms with van der Waals surface area (Å²) in [6.45, 7) is 11.3. The molecule has 0 fully saturated rings. The predicted molar refractivity (Wildman–Crippen MR) is 128 cm³/mol. The summed E-state index contributed by atoms with van der Waals surface area (Å²) in [7, 11) is 0. The van der Waals surface area contributed by atoms with Crippen molar-refractivity contribution in [3.8, 4) is 0 Å². The molecule has 3 rings (SSSR count). The lowest BCUT2D eigenvalue weighted by molar-refractivity contribution is 0.527. The molecule has 0 saturated carbocycles. The average molecular weight is 468 g/mol. The second kappa shape index (κ2) is 8.18. The highest BCUT2D eigenvalue weighted by Crippen LogP contribution is 2.38. The summed E-state index contributed by atoms with van der Waals surface area (Å²) in [5.74, 6) is 0.396. The molecule has 2 aromatic carbocycles. The van der Waals surface area contributed by atoms with Gasteiger partial charge >= 0.3 is 0 Å². The van der Waals surface area contributed by atoms with E-state index in [2.05, 4.69) is 124 Å². The van der Waals surface area contributed by atoms with E-state index in [4.69, 9.17) is 0 Å². The van der Waals surface area contributed by atoms with Crippen molar-refractivity contribution >= 4 is 34.2 Å². The quantitative estimate of drug-likeness (QED) is 0.391. The third-order valence-corrected chi connectivity index (χ3v) is 6.27. The minimum absolute atomic E-state index is 0.104. The van der Waals surface area contributed by atoms with E-state index in [1.807, 2.05) is 0 Å². The lowest BCUT2D eigenvalue weighted by Gasteiger charge is -2.28. The van der Waals surface area contributed by atoms with Gasteiger partial charge in [0, 0.05) is 3.57 Å². The third kappa shape index (κ3) is 4.29. The Morgan fingerprint density at radius 3 is 2.67 bits per heavy atom. The number of fused-ring (bicyclic) bond motifs is 1. The van der Waals surface area contributed by atoms with E-state index < -0.39 is 0 Å². The second-order valence-electron chi connectivity index (χ2n) is 8.16. The molecule has 0 spiro atoms. The number of hydrogen-bond acceptors (Lipinski definition) is 0. The molecule has 2 aromatic rings. The van der Waals surface area contributed by atoms with Crippen LogP contribution in [0.25, 0.3) is 11.6 Å². The van der Waals surface area contributed by atoms with Crippen molar-refractivity contribution < 1.29 is 0 Å². The summed E-state index contributed by atoms with van der Waals surface area (Å²) in [6.07, 6.45) is 12.5. The van der Waals surface area contributed by atoms with Crippen molar-refractivity contribution in [1.82, 2.24) is 0 Å². The highest BCUT2D eigenvalue weighted by Gasteiger charge is 2.25. The first kappa shape index (κ1) is 20.1. The van der Waals surface area contributed by atoms with Gasteiger partial charge in [-0.25, -0.2) is 0 Å². The normalized spacial score (nSPS) is 22.3. The van der Waals surface area contributed by atoms with Gasteiger partial charge in [0.25, 0.3) is 0 Å². The van der Waals surface area contributed by atoms with E-state index in [-0.39, 0.29) is 5.41 Å². The van der Waals surface area contributed by atoms with E-state index in [0.29, 0.717) is 5.92 Å². The summed E-state index contributed by atoms with van der Waals surface area (Å²) in [5, 5.41) is 0. The van der Waals surface area contributed by atoms with Crippen molar-refractivity contribution in [1.29, 1.82) is 0 Å². The minimum Gasteiger partial charge on any atom is -0.0870 e. The summed E-state index contributed by atoms with van der Waals surface area (Å²) in [5.41, 5.74) is 8.33. The summed E-state index contributed by atoms with van der Waals surface area (Å²) >= 11 is 2.43. The molecule has 0 radical (unpaired) electrons. The molecule has 0 nitrogen and oxygen atoms in total. The second-order valence-corrected chi connectivity index (χ2v) is 9.41. The molecule has 140 valence electrons. The van der Waals surface area contributed by atoms with Crippen molar-refractivity contribution in [3.63, 3.8) is 0 Å². The molecule has 0 N–H and O–H groups in total. The molecule has 1 heteroatoms. The van der Waals surface area contributed by atoms with Crippen molar-refractivity contribution in [2.45, 2.75) is 52.4 Å². The number of halogens is 1. The Balaban J connectivity index is 2.15. The maximum Gasteiger partial charge on any atom is 0.0133 e. The fourth-order valence-electron chi connectivity index (χ4n) is 3.93. The van der Waals surface area contributed by atoms with E-state index >= 15 is 0 Å². The van der Waals surface area contributed by atoms with Crippen molar-refractivity contribution in [3.05, 3.63) is 92.1 Å². The van der Waals surface area contributed by atoms with Crippen LogP contribution in [0.4, 0.5) is 0 Å². The highest BCUT2D eigenvalue weighted by molar-refractivity contribution is 14.1. The lowest BCUT2D eigenvalue weighted by Crippen LogP contribution is -2.19. The zero-order chi connectivity index (χ0) is 19.6. The van der Waals surface area contributed by atoms with Crippen molar-refractivity contribution in [2.24, 2.45) is 0 Å². The number of hydrogen-bond donors (Lipinski definition) is 0. The summed E-state index contributed by atoms with van der Waals surface area (Å²) in [4.78, 5) is 0. The molecule has 1 aliphatic rings. The first-order valence-corrected chi connectivity index (χ1v) is 10.8. The molecule has 0 saturated heterocycles. The van der Waals surface area contributed by atoms with Crippen LogP contribution in [0.1, 0.15) is 67.9 Å². The largest absolute Gasteiger partial charge is 0.0870 e. The van der Waals surface area contributed by atoms with Crippen LogP contribution < -0.4 is 0 Å². The summed E-state index contributed by atoms with van der Waals surface area (Å²) < 4.78 is 1.31. The van der Waals surface area contributed by atoms with E-state index in [0.717, 1.165) is 6.42 Å². The molecule has 0 aromatic heterocycles. The average Bonchev–Trinajstić information content (AvgIpc) is 2.67. The van der Waals surface area contributed by atoms with Gasteiger partial charge in [0.15, 0.2) is 0 Å². The molecule has 0 amide bonds. The van der Waals surface area contributed by atoms with E-state index in [1.54, 1.807) is 0 Å². The molecular formula is C26H29I. The van der Waals surface area contributed by atoms with Gasteiger partial charge in [-0.05, 0) is 99.7 Å². The molecule has 1 aliphatic carbocycles. The van der Waals surface area contributed by atoms with Crippen molar-refractivity contribution in [2.75, 3.05) is 0 Å². The molecule has 0 heterocycles. The van der Waals surface area contributed by atoms with Crippen LogP contribution in [0.3, 0.4) is 0 Å². The monoisotopic (exact) mass is 468 g/mol. The van der Waals surface area contributed by atoms with Crippen LogP contribution in [0.2, 0.25) is 0 Å². The van der Waals surface area contributed by atoms with Gasteiger partial charge < -0.3 is 0 Å². The van der Waals surface area contributed by atoms with Crippen LogP contribution in [0.5, 0.6) is 0 Å². The predicted octanol–water partition coefficient (Wildman–Crippen LogP) is 8.06. The molecule has 0 bridgehead atoms. The fourth-order valence-corrected chi connectivity index (χ4v) is 4.42. The van der Waals surface area contributed by atoms with E-state index in [1.165, 1.54) is 37.0 Å². The van der Waals surface area contributed by atoms with Crippen LogP contribution in [-0.2, 0) is 5.41 Å². The van der Waals surface area contributed by atoms with Gasteiger partial charge in [0.2, 0.25) is 0 Å². The standard InChI is InChI=1S/C26H29I/c1-6-8-22-18(2)9-7-10-24(22)20-12-11-19(3)23-14-13-21(27)17-25(23)26(4,5)16-15-20/h6-15,17,19H,16H2,1-5H3/b8-6-,12-11-,20-15+. The third-order valence-electron chi connectivity index (χ3n) is 5.60. The van der Waals surface area contributed by atoms with Gasteiger partial charge in [-0.3, -0.25) is 0 Å². The number of aryl methyl sites for hydroxylation is 1. The molecule has 0 aliphatic heterocycles. The maximum absolute atomic E-state index is 2.43. The first-order valence-electron chi connectivity index (χ1n) is 9.74. The molecule has 27 heavy (non-hydrogen) atoms. The van der Waals surface area contributed by atoms with E-state index in [9.17, 15) is 0 Å². The Bertz CT molecular complexity index is 925. The number of benzene rings is 2. The lowest BCUT2D eigenvalue weighted by atomic mass is 9.77. The Morgan fingerprint density at radius 2 is 1.93 bits per heavy atom. The molecular weight excluding hydrogens is 439 g/mol. The Labute approximate surface area is 178 Å². The minimum atomic E-state index is 0.104. The van der Waals surface area contributed by atoms with Crippen LogP contribution in [-0.4, -0.2) is 0 Å². The number of allylic oxidation sites excluding steroid dienone is 5. The highest BCUT2D eigenvalue weighted by atomic mass is 127. The summed E-state index contributed by atoms with van der Waals surface area (Å²) in [6, 6.07) is 13.5. The van der Waals surface area contributed by atoms with Gasteiger partial charge in [-0.1, -0.05) is 75.4 Å². The van der Waals surface area contributed by atoms with Crippen LogP contribution in [0.15, 0.2) is 60.7 Å². The molecule has 1 atom stereocenters. The SMILES string of the molecule is C/C=C\c1c(C)cccc1C1=C/CC(C)(C)c2cc(I)ccc2C(C)/C=C\1. The smallest absolute Gasteiger partial charge is 0.0133 e. The molecule has 1 unspecified atom stereocenters. The van der Waals surface area contributed by atoms with Gasteiger partial charge in [-0.15, -0.1) is 0 Å². The zero-order valence-corrected chi connectivity index (χ0v) is 19.2. The maximum atomic E-state index is 2.43. The Hall–Kier alpha value is -1.61. The van der Waals surface area contributed by atoms with Crippen LogP contribution in [0, 0.1) is 10.5 Å². The Morgan fingerprint density at radius 1 is 1.15 bits per heavy atom. The van der Waals surface area contributed by atoms with Gasteiger partial charge in [0.05, 0.1) is 0 Å².